The quantitative estimate of drug-likeness (QED) is 0.905. The van der Waals surface area contributed by atoms with Crippen LogP contribution in [0.4, 0.5) is 10.1 Å². The molecule has 0 unspecified atom stereocenters. The molecule has 1 fully saturated rings. The van der Waals surface area contributed by atoms with Crippen molar-refractivity contribution in [1.29, 1.82) is 0 Å². The Morgan fingerprint density at radius 1 is 1.14 bits per heavy atom. The molecule has 2 aromatic rings. The Morgan fingerprint density at radius 3 is 2.52 bits per heavy atom. The van der Waals surface area contributed by atoms with Crippen LogP contribution in [0, 0.1) is 5.82 Å². The summed E-state index contributed by atoms with van der Waals surface area (Å²) in [5.41, 5.74) is 7.21. The SMILES string of the molecule is NC(=O)c1ccc(F)c(NC2CC(c3ccccc3)C2)c1. The molecule has 0 bridgehead atoms. The zero-order valence-electron chi connectivity index (χ0n) is 11.6. The molecule has 3 rings (SSSR count). The summed E-state index contributed by atoms with van der Waals surface area (Å²) in [4.78, 5) is 11.1. The molecule has 4 heteroatoms. The second-order valence-corrected chi connectivity index (χ2v) is 5.48. The lowest BCUT2D eigenvalue weighted by Crippen LogP contribution is -2.34. The zero-order chi connectivity index (χ0) is 14.8. The normalized spacial score (nSPS) is 20.6. The number of halogens is 1. The highest BCUT2D eigenvalue weighted by molar-refractivity contribution is 5.93. The first kappa shape index (κ1) is 13.6. The van der Waals surface area contributed by atoms with E-state index in [2.05, 4.69) is 17.4 Å². The van der Waals surface area contributed by atoms with Gasteiger partial charge >= 0.3 is 0 Å². The highest BCUT2D eigenvalue weighted by Gasteiger charge is 2.30. The lowest BCUT2D eigenvalue weighted by atomic mass is 9.76. The van der Waals surface area contributed by atoms with Crippen LogP contribution in [-0.4, -0.2) is 11.9 Å². The number of carbonyl (C=O) groups excluding carboxylic acids is 1. The van der Waals surface area contributed by atoms with Gasteiger partial charge in [0.2, 0.25) is 5.91 Å². The molecule has 1 aliphatic rings. The van der Waals surface area contributed by atoms with Crippen LogP contribution in [0.15, 0.2) is 48.5 Å². The van der Waals surface area contributed by atoms with Crippen molar-refractivity contribution in [2.45, 2.75) is 24.8 Å². The van der Waals surface area contributed by atoms with Gasteiger partial charge in [0.25, 0.3) is 0 Å². The summed E-state index contributed by atoms with van der Waals surface area (Å²) in [6.45, 7) is 0. The highest BCUT2D eigenvalue weighted by Crippen LogP contribution is 2.38. The first-order valence-corrected chi connectivity index (χ1v) is 7.04. The third-order valence-corrected chi connectivity index (χ3v) is 4.02. The van der Waals surface area contributed by atoms with Crippen molar-refractivity contribution in [1.82, 2.24) is 0 Å². The summed E-state index contributed by atoms with van der Waals surface area (Å²) >= 11 is 0. The van der Waals surface area contributed by atoms with Gasteiger partial charge in [-0.1, -0.05) is 30.3 Å². The number of rotatable bonds is 4. The molecular formula is C17H17FN2O. The number of carbonyl (C=O) groups is 1. The molecule has 1 aliphatic carbocycles. The Balaban J connectivity index is 1.64. The topological polar surface area (TPSA) is 55.1 Å². The highest BCUT2D eigenvalue weighted by atomic mass is 19.1. The molecule has 21 heavy (non-hydrogen) atoms. The predicted molar refractivity (Wildman–Crippen MR) is 80.7 cm³/mol. The lowest BCUT2D eigenvalue weighted by molar-refractivity contribution is 0.100. The number of nitrogens with one attached hydrogen (secondary N) is 1. The van der Waals surface area contributed by atoms with Crippen molar-refractivity contribution in [3.63, 3.8) is 0 Å². The fourth-order valence-corrected chi connectivity index (χ4v) is 2.74. The molecule has 0 radical (unpaired) electrons. The molecule has 1 amide bonds. The maximum Gasteiger partial charge on any atom is 0.248 e. The van der Waals surface area contributed by atoms with Gasteiger partial charge in [-0.15, -0.1) is 0 Å². The third kappa shape index (κ3) is 2.89. The Labute approximate surface area is 123 Å². The Bertz CT molecular complexity index is 651. The van der Waals surface area contributed by atoms with Gasteiger partial charge in [-0.25, -0.2) is 4.39 Å². The number of nitrogens with two attached hydrogens (primary N) is 1. The van der Waals surface area contributed by atoms with E-state index in [0.29, 0.717) is 17.2 Å². The summed E-state index contributed by atoms with van der Waals surface area (Å²) in [6.07, 6.45) is 1.93. The fourth-order valence-electron chi connectivity index (χ4n) is 2.74. The van der Waals surface area contributed by atoms with Crippen molar-refractivity contribution in [3.05, 3.63) is 65.5 Å². The second kappa shape index (κ2) is 5.56. The number of hydrogen-bond donors (Lipinski definition) is 2. The van der Waals surface area contributed by atoms with Crippen molar-refractivity contribution in [2.24, 2.45) is 5.73 Å². The Morgan fingerprint density at radius 2 is 1.86 bits per heavy atom. The van der Waals surface area contributed by atoms with Crippen LogP contribution in [0.25, 0.3) is 0 Å². The first-order valence-electron chi connectivity index (χ1n) is 7.04. The van der Waals surface area contributed by atoms with Gasteiger partial charge in [0, 0.05) is 11.6 Å². The van der Waals surface area contributed by atoms with E-state index in [-0.39, 0.29) is 11.9 Å². The monoisotopic (exact) mass is 284 g/mol. The van der Waals surface area contributed by atoms with E-state index >= 15 is 0 Å². The maximum absolute atomic E-state index is 13.8. The van der Waals surface area contributed by atoms with Crippen LogP contribution in [0.5, 0.6) is 0 Å². The van der Waals surface area contributed by atoms with Gasteiger partial charge in [0.15, 0.2) is 0 Å². The van der Waals surface area contributed by atoms with Crippen LogP contribution in [0.1, 0.15) is 34.7 Å². The molecule has 1 saturated carbocycles. The van der Waals surface area contributed by atoms with Crippen LogP contribution < -0.4 is 11.1 Å². The number of benzene rings is 2. The van der Waals surface area contributed by atoms with E-state index in [0.717, 1.165) is 12.8 Å². The predicted octanol–water partition coefficient (Wildman–Crippen LogP) is 3.28. The Kier molecular flexibility index (Phi) is 3.60. The Hall–Kier alpha value is -2.36. The molecular weight excluding hydrogens is 267 g/mol. The van der Waals surface area contributed by atoms with Gasteiger partial charge in [0.05, 0.1) is 5.69 Å². The number of primary amides is 1. The van der Waals surface area contributed by atoms with E-state index in [4.69, 9.17) is 5.73 Å². The molecule has 0 aromatic heterocycles. The molecule has 3 N–H and O–H groups in total. The largest absolute Gasteiger partial charge is 0.380 e. The maximum atomic E-state index is 13.8. The fraction of sp³-hybridized carbons (Fsp3) is 0.235. The number of hydrogen-bond acceptors (Lipinski definition) is 2. The molecule has 3 nitrogen and oxygen atoms in total. The summed E-state index contributed by atoms with van der Waals surface area (Å²) in [7, 11) is 0. The molecule has 0 aliphatic heterocycles. The van der Waals surface area contributed by atoms with Crippen LogP contribution in [0.3, 0.4) is 0 Å². The molecule has 0 saturated heterocycles. The molecule has 0 heterocycles. The van der Waals surface area contributed by atoms with E-state index in [1.165, 1.54) is 23.8 Å². The number of amides is 1. The van der Waals surface area contributed by atoms with Gasteiger partial charge in [0.1, 0.15) is 5.82 Å². The van der Waals surface area contributed by atoms with Crippen LogP contribution >= 0.6 is 0 Å². The minimum atomic E-state index is -0.547. The van der Waals surface area contributed by atoms with E-state index in [9.17, 15) is 9.18 Å². The summed E-state index contributed by atoms with van der Waals surface area (Å²) in [6, 6.07) is 14.7. The smallest absolute Gasteiger partial charge is 0.248 e. The van der Waals surface area contributed by atoms with Crippen molar-refractivity contribution >= 4 is 11.6 Å². The van der Waals surface area contributed by atoms with Gasteiger partial charge in [-0.2, -0.15) is 0 Å². The standard InChI is InChI=1S/C17H17FN2O/c18-15-7-6-12(17(19)21)10-16(15)20-14-8-13(9-14)11-4-2-1-3-5-11/h1-7,10,13-14,20H,8-9H2,(H2,19,21). The van der Waals surface area contributed by atoms with Crippen molar-refractivity contribution in [3.8, 4) is 0 Å². The molecule has 108 valence electrons. The van der Waals surface area contributed by atoms with E-state index < -0.39 is 5.91 Å². The van der Waals surface area contributed by atoms with Gasteiger partial charge in [-0.3, -0.25) is 4.79 Å². The van der Waals surface area contributed by atoms with E-state index in [1.54, 1.807) is 0 Å². The number of anilines is 1. The molecule has 2 aromatic carbocycles. The summed E-state index contributed by atoms with van der Waals surface area (Å²) in [5.74, 6) is -0.386. The van der Waals surface area contributed by atoms with E-state index in [1.807, 2.05) is 18.2 Å². The summed E-state index contributed by atoms with van der Waals surface area (Å²) in [5, 5.41) is 3.16. The molecule has 0 atom stereocenters. The zero-order valence-corrected chi connectivity index (χ0v) is 11.6. The average Bonchev–Trinajstić information content (AvgIpc) is 2.44. The molecule has 0 spiro atoms. The second-order valence-electron chi connectivity index (χ2n) is 5.48. The minimum Gasteiger partial charge on any atom is -0.380 e. The third-order valence-electron chi connectivity index (χ3n) is 4.02. The van der Waals surface area contributed by atoms with Crippen molar-refractivity contribution in [2.75, 3.05) is 5.32 Å². The minimum absolute atomic E-state index is 0.229. The average molecular weight is 284 g/mol. The summed E-state index contributed by atoms with van der Waals surface area (Å²) < 4.78 is 13.8. The van der Waals surface area contributed by atoms with Crippen LogP contribution in [0.2, 0.25) is 0 Å². The van der Waals surface area contributed by atoms with Crippen molar-refractivity contribution < 1.29 is 9.18 Å². The van der Waals surface area contributed by atoms with Crippen LogP contribution in [-0.2, 0) is 0 Å². The lowest BCUT2D eigenvalue weighted by Gasteiger charge is -2.37. The van der Waals surface area contributed by atoms with Gasteiger partial charge < -0.3 is 11.1 Å². The van der Waals surface area contributed by atoms with Gasteiger partial charge in [-0.05, 0) is 42.5 Å². The first-order chi connectivity index (χ1) is 10.1.